The molecule has 0 bridgehead atoms. The van der Waals surface area contributed by atoms with E-state index in [1.54, 1.807) is 0 Å². The van der Waals surface area contributed by atoms with E-state index in [0.717, 1.165) is 6.26 Å². The molecule has 156 valence electrons. The van der Waals surface area contributed by atoms with Gasteiger partial charge in [0.15, 0.2) is 0 Å². The van der Waals surface area contributed by atoms with Crippen LogP contribution in [0.3, 0.4) is 0 Å². The Morgan fingerprint density at radius 1 is 1.25 bits per heavy atom. The van der Waals surface area contributed by atoms with E-state index in [0.29, 0.717) is 31.4 Å². The Hall–Kier alpha value is -2.15. The van der Waals surface area contributed by atoms with Crippen molar-refractivity contribution in [2.24, 2.45) is 0 Å². The van der Waals surface area contributed by atoms with E-state index in [1.165, 1.54) is 28.6 Å². The quantitative estimate of drug-likeness (QED) is 0.399. The van der Waals surface area contributed by atoms with Gasteiger partial charge in [-0.25, -0.2) is 12.8 Å². The highest BCUT2D eigenvalue weighted by Gasteiger charge is 2.16. The molecule has 0 saturated heterocycles. The maximum atomic E-state index is 12.8. The topological polar surface area (TPSA) is 104 Å². The van der Waals surface area contributed by atoms with Crippen molar-refractivity contribution in [3.63, 3.8) is 0 Å². The summed E-state index contributed by atoms with van der Waals surface area (Å²) in [5.41, 5.74) is 0. The summed E-state index contributed by atoms with van der Waals surface area (Å²) < 4.78 is 43.0. The van der Waals surface area contributed by atoms with Crippen molar-refractivity contribution in [3.05, 3.63) is 30.1 Å². The molecule has 1 atom stereocenters. The minimum Gasteiger partial charge on any atom is -0.491 e. The Morgan fingerprint density at radius 3 is 2.54 bits per heavy atom. The predicted molar refractivity (Wildman–Crippen MR) is 103 cm³/mol. The molecular formula is C19H26FNO6S. The average molecular weight is 415 g/mol. The first-order valence-electron chi connectivity index (χ1n) is 8.87. The third-order valence-electron chi connectivity index (χ3n) is 3.74. The third kappa shape index (κ3) is 10.9. The minimum atomic E-state index is -3.44. The maximum absolute atomic E-state index is 12.8. The van der Waals surface area contributed by atoms with Crippen molar-refractivity contribution in [2.45, 2.75) is 38.2 Å². The van der Waals surface area contributed by atoms with Gasteiger partial charge in [-0.2, -0.15) is 4.31 Å². The number of aliphatic hydroxyl groups excluding tert-OH is 1. The van der Waals surface area contributed by atoms with Crippen LogP contribution in [0.2, 0.25) is 0 Å². The fourth-order valence-corrected chi connectivity index (χ4v) is 2.99. The fourth-order valence-electron chi connectivity index (χ4n) is 2.23. The van der Waals surface area contributed by atoms with E-state index in [1.807, 2.05) is 0 Å². The molecule has 0 fully saturated rings. The molecule has 7 nitrogen and oxygen atoms in total. The molecule has 0 aliphatic rings. The van der Waals surface area contributed by atoms with E-state index >= 15 is 0 Å². The number of halogens is 1. The summed E-state index contributed by atoms with van der Waals surface area (Å²) in [7, 11) is -3.44. The van der Waals surface area contributed by atoms with Crippen molar-refractivity contribution in [1.82, 2.24) is 4.31 Å². The number of benzene rings is 1. The second kappa shape index (κ2) is 12.3. The largest absolute Gasteiger partial charge is 0.491 e. The Labute approximate surface area is 165 Å². The van der Waals surface area contributed by atoms with Crippen molar-refractivity contribution in [3.8, 4) is 17.6 Å². The highest BCUT2D eigenvalue weighted by molar-refractivity contribution is 7.88. The monoisotopic (exact) mass is 415 g/mol. The zero-order valence-corrected chi connectivity index (χ0v) is 16.6. The van der Waals surface area contributed by atoms with Crippen LogP contribution >= 0.6 is 0 Å². The van der Waals surface area contributed by atoms with E-state index in [4.69, 9.17) is 9.84 Å². The minimum absolute atomic E-state index is 0.0217. The van der Waals surface area contributed by atoms with Crippen LogP contribution in [0.25, 0.3) is 0 Å². The lowest BCUT2D eigenvalue weighted by Crippen LogP contribution is -2.32. The highest BCUT2D eigenvalue weighted by atomic mass is 32.2. The zero-order valence-electron chi connectivity index (χ0n) is 15.8. The van der Waals surface area contributed by atoms with E-state index in [2.05, 4.69) is 11.8 Å². The normalized spacial score (nSPS) is 12.3. The van der Waals surface area contributed by atoms with Crippen molar-refractivity contribution >= 4 is 16.0 Å². The van der Waals surface area contributed by atoms with Gasteiger partial charge in [-0.3, -0.25) is 4.79 Å². The van der Waals surface area contributed by atoms with Gasteiger partial charge in [0.25, 0.3) is 0 Å². The first-order valence-corrected chi connectivity index (χ1v) is 10.7. The highest BCUT2D eigenvalue weighted by Crippen LogP contribution is 2.12. The summed E-state index contributed by atoms with van der Waals surface area (Å²) in [5, 5.41) is 18.5. The van der Waals surface area contributed by atoms with E-state index in [9.17, 15) is 22.7 Å². The summed E-state index contributed by atoms with van der Waals surface area (Å²) >= 11 is 0. The fraction of sp³-hybridized carbons (Fsp3) is 0.526. The van der Waals surface area contributed by atoms with Gasteiger partial charge in [0.05, 0.1) is 18.9 Å². The number of unbranched alkanes of at least 4 members (excludes halogenated alkanes) is 1. The Bertz CT molecular complexity index is 770. The molecule has 0 saturated carbocycles. The van der Waals surface area contributed by atoms with Gasteiger partial charge in [0.2, 0.25) is 10.0 Å². The molecule has 0 radical (unpaired) electrons. The average Bonchev–Trinajstić information content (AvgIpc) is 2.61. The van der Waals surface area contributed by atoms with Crippen molar-refractivity contribution in [1.29, 1.82) is 0 Å². The second-order valence-corrected chi connectivity index (χ2v) is 8.24. The number of aliphatic hydroxyl groups is 1. The number of aliphatic carboxylic acids is 1. The summed E-state index contributed by atoms with van der Waals surface area (Å²) in [6, 6.07) is 5.44. The maximum Gasteiger partial charge on any atom is 0.303 e. The van der Waals surface area contributed by atoms with Crippen LogP contribution in [0.5, 0.6) is 5.75 Å². The lowest BCUT2D eigenvalue weighted by molar-refractivity contribution is -0.137. The molecule has 0 heterocycles. The molecule has 0 aliphatic carbocycles. The molecule has 2 N–H and O–H groups in total. The number of nitrogens with zero attached hydrogens (tertiary/aromatic N) is 1. The molecule has 9 heteroatoms. The van der Waals surface area contributed by atoms with E-state index in [-0.39, 0.29) is 31.9 Å². The van der Waals surface area contributed by atoms with Crippen LogP contribution < -0.4 is 4.74 Å². The van der Waals surface area contributed by atoms with Crippen LogP contribution in [0.1, 0.15) is 32.1 Å². The smallest absolute Gasteiger partial charge is 0.303 e. The summed E-state index contributed by atoms with van der Waals surface area (Å²) in [5.74, 6) is 4.69. The number of carboxylic acids is 1. The number of hydrogen-bond acceptors (Lipinski definition) is 5. The Kier molecular flexibility index (Phi) is 10.5. The van der Waals surface area contributed by atoms with Crippen LogP contribution in [-0.2, 0) is 14.8 Å². The predicted octanol–water partition coefficient (Wildman–Crippen LogP) is 1.87. The summed E-state index contributed by atoms with van der Waals surface area (Å²) in [4.78, 5) is 10.4. The van der Waals surface area contributed by atoms with Gasteiger partial charge in [0, 0.05) is 19.4 Å². The number of sulfonamides is 1. The standard InChI is InChI=1S/C19H26FNO6S/c1-28(25,26)21(13-5-3-2-4-8-19(23)24)14-6-7-17(22)15-27-18-11-9-16(20)10-12-18/h9-12,17,22H,2,4,6-8,13-15H2,1H3,(H,23,24). The van der Waals surface area contributed by atoms with Gasteiger partial charge < -0.3 is 14.9 Å². The molecule has 0 aromatic heterocycles. The van der Waals surface area contributed by atoms with Crippen molar-refractivity contribution in [2.75, 3.05) is 26.0 Å². The molecule has 0 aliphatic heterocycles. The lowest BCUT2D eigenvalue weighted by atomic mass is 10.2. The van der Waals surface area contributed by atoms with Crippen LogP contribution in [0, 0.1) is 17.7 Å². The first kappa shape index (κ1) is 23.9. The molecule has 28 heavy (non-hydrogen) atoms. The number of carbonyl (C=O) groups is 1. The lowest BCUT2D eigenvalue weighted by Gasteiger charge is -2.18. The molecule has 0 spiro atoms. The Morgan fingerprint density at radius 2 is 1.93 bits per heavy atom. The van der Waals surface area contributed by atoms with Gasteiger partial charge in [-0.05, 0) is 43.5 Å². The van der Waals surface area contributed by atoms with Crippen molar-refractivity contribution < 1.29 is 32.6 Å². The molecule has 1 rings (SSSR count). The van der Waals surface area contributed by atoms with Crippen LogP contribution in [0.4, 0.5) is 4.39 Å². The van der Waals surface area contributed by atoms with Gasteiger partial charge in [-0.15, -0.1) is 5.92 Å². The van der Waals surface area contributed by atoms with Crippen LogP contribution in [0.15, 0.2) is 24.3 Å². The number of rotatable bonds is 12. The SMILES string of the molecule is CS(=O)(=O)N(CC#CCCCC(=O)O)CCCC(O)COc1ccc(F)cc1. The first-order chi connectivity index (χ1) is 13.2. The van der Waals surface area contributed by atoms with Gasteiger partial charge in [-0.1, -0.05) is 5.92 Å². The third-order valence-corrected chi connectivity index (χ3v) is 4.99. The molecule has 1 unspecified atom stereocenters. The number of hydrogen-bond donors (Lipinski definition) is 2. The van der Waals surface area contributed by atoms with E-state index < -0.39 is 22.1 Å². The summed E-state index contributed by atoms with van der Waals surface area (Å²) in [6.07, 6.45) is 1.90. The molecular weight excluding hydrogens is 389 g/mol. The zero-order chi connectivity index (χ0) is 21.0. The number of carboxylic acid groups (broad SMARTS) is 1. The molecule has 1 aromatic carbocycles. The van der Waals surface area contributed by atoms with Crippen LogP contribution in [-0.4, -0.2) is 61.0 Å². The summed E-state index contributed by atoms with van der Waals surface area (Å²) in [6.45, 7) is 0.248. The Balaban J connectivity index is 2.35. The molecule has 0 amide bonds. The van der Waals surface area contributed by atoms with Gasteiger partial charge in [0.1, 0.15) is 18.2 Å². The second-order valence-electron chi connectivity index (χ2n) is 6.26. The number of ether oxygens (including phenoxy) is 1. The molecule has 1 aromatic rings. The van der Waals surface area contributed by atoms with Gasteiger partial charge >= 0.3 is 5.97 Å².